The van der Waals surface area contributed by atoms with Crippen LogP contribution in [0.5, 0.6) is 0 Å². The Bertz CT molecular complexity index is 234. The van der Waals surface area contributed by atoms with Crippen LogP contribution in [0.25, 0.3) is 0 Å². The van der Waals surface area contributed by atoms with Crippen molar-refractivity contribution in [1.82, 2.24) is 9.96 Å². The third-order valence-corrected chi connectivity index (χ3v) is 4.44. The zero-order chi connectivity index (χ0) is 15.2. The molecule has 2 nitrogen and oxygen atoms in total. The summed E-state index contributed by atoms with van der Waals surface area (Å²) in [6, 6.07) is 2.53. The van der Waals surface area contributed by atoms with Crippen molar-refractivity contribution in [2.24, 2.45) is 0 Å². The maximum Gasteiger partial charge on any atom is 2.00 e. The van der Waals surface area contributed by atoms with Crippen LogP contribution in [0.3, 0.4) is 0 Å². The van der Waals surface area contributed by atoms with Gasteiger partial charge in [-0.1, -0.05) is 39.3 Å². The van der Waals surface area contributed by atoms with Gasteiger partial charge in [0.05, 0.1) is 0 Å². The van der Waals surface area contributed by atoms with Gasteiger partial charge in [0.2, 0.25) is 0 Å². The minimum Gasteiger partial charge on any atom is -0.330 e. The number of nitrogens with one attached hydrogen (secondary N) is 2. The summed E-state index contributed by atoms with van der Waals surface area (Å²) in [6.07, 6.45) is 16.7. The van der Waals surface area contributed by atoms with Crippen molar-refractivity contribution in [3.63, 3.8) is 0 Å². The molecule has 2 N–H and O–H groups in total. The van der Waals surface area contributed by atoms with Crippen LogP contribution in [0.4, 0.5) is 0 Å². The molecule has 0 aromatic heterocycles. The first-order valence-corrected chi connectivity index (χ1v) is 14.2. The van der Waals surface area contributed by atoms with Crippen LogP contribution in [0.1, 0.15) is 0 Å². The molecule has 0 atom stereocenters. The molecule has 2 aliphatic carbocycles. The maximum atomic E-state index is 3.50. The summed E-state index contributed by atoms with van der Waals surface area (Å²) < 4.78 is 0. The van der Waals surface area contributed by atoms with Crippen molar-refractivity contribution in [1.29, 1.82) is 0 Å². The average Bonchev–Trinajstić information content (AvgIpc) is 2.87. The Morgan fingerprint density at radius 2 is 0.810 bits per heavy atom. The molecule has 0 heterocycles. The van der Waals surface area contributed by atoms with Crippen LogP contribution in [-0.4, -0.2) is 16.5 Å². The monoisotopic (exact) mass is 360 g/mol. The Labute approximate surface area is 146 Å². The molecule has 5 heteroatoms. The van der Waals surface area contributed by atoms with Crippen LogP contribution in [0, 0.1) is 63.5 Å². The second-order valence-corrected chi connectivity index (χ2v) is 16.6. The minimum absolute atomic E-state index is 0. The van der Waals surface area contributed by atoms with Crippen LogP contribution in [0.15, 0.2) is 0 Å². The van der Waals surface area contributed by atoms with E-state index in [0.717, 1.165) is 0 Å². The maximum absolute atomic E-state index is 3.50. The van der Waals surface area contributed by atoms with Crippen molar-refractivity contribution < 1.29 is 17.1 Å². The first-order chi connectivity index (χ1) is 9.16. The summed E-state index contributed by atoms with van der Waals surface area (Å²) in [5.74, 6) is 0. The van der Waals surface area contributed by atoms with Crippen LogP contribution >= 0.6 is 0 Å². The minimum atomic E-state index is -1.11. The molecule has 0 unspecified atom stereocenters. The molecular weight excluding hydrogens is 332 g/mol. The molecule has 10 radical (unpaired) electrons. The fourth-order valence-electron chi connectivity index (χ4n) is 1.78. The third-order valence-electron chi connectivity index (χ3n) is 2.36. The SMILES string of the molecule is C[Si](C)(C)N[C]1[CH][CH][CH][CH]1.C[Si](C)(C)N[C]1[CH][CH][CH][CH]1.[Fe+2]. The summed E-state index contributed by atoms with van der Waals surface area (Å²) in [5.41, 5.74) is 0. The predicted octanol–water partition coefficient (Wildman–Crippen LogP) is 3.54. The van der Waals surface area contributed by atoms with Crippen LogP contribution in [0.2, 0.25) is 39.3 Å². The van der Waals surface area contributed by atoms with Gasteiger partial charge >= 0.3 is 17.1 Å². The van der Waals surface area contributed by atoms with Crippen molar-refractivity contribution in [2.45, 2.75) is 39.3 Å². The Kier molecular flexibility index (Phi) is 10.3. The topological polar surface area (TPSA) is 24.1 Å². The van der Waals surface area contributed by atoms with Gasteiger partial charge in [0, 0.05) is 12.1 Å². The van der Waals surface area contributed by atoms with E-state index in [2.05, 4.69) is 101 Å². The van der Waals surface area contributed by atoms with E-state index in [1.165, 1.54) is 12.1 Å². The van der Waals surface area contributed by atoms with Gasteiger partial charge in [-0.2, -0.15) is 0 Å². The average molecular weight is 360 g/mol. The summed E-state index contributed by atoms with van der Waals surface area (Å²) >= 11 is 0. The smallest absolute Gasteiger partial charge is 0.330 e. The quantitative estimate of drug-likeness (QED) is 0.750. The molecule has 21 heavy (non-hydrogen) atoms. The first-order valence-electron chi connectivity index (χ1n) is 7.15. The van der Waals surface area contributed by atoms with E-state index in [9.17, 15) is 0 Å². The summed E-state index contributed by atoms with van der Waals surface area (Å²) in [6.45, 7) is 13.7. The molecule has 0 spiro atoms. The second kappa shape index (κ2) is 9.89. The van der Waals surface area contributed by atoms with E-state index in [1.54, 1.807) is 0 Å². The molecule has 2 saturated carbocycles. The van der Waals surface area contributed by atoms with E-state index in [4.69, 9.17) is 0 Å². The van der Waals surface area contributed by atoms with Gasteiger partial charge in [-0.3, -0.25) is 0 Å². The van der Waals surface area contributed by atoms with Gasteiger partial charge in [-0.05, 0) is 51.4 Å². The van der Waals surface area contributed by atoms with Crippen LogP contribution in [-0.2, 0) is 17.1 Å². The number of hydrogen-bond acceptors (Lipinski definition) is 2. The predicted molar refractivity (Wildman–Crippen MR) is 93.8 cm³/mol. The zero-order valence-corrected chi connectivity index (χ0v) is 17.1. The first kappa shape index (κ1) is 21.9. The van der Waals surface area contributed by atoms with Gasteiger partial charge in [-0.25, -0.2) is 0 Å². The fraction of sp³-hybridized carbons (Fsp3) is 0.375. The third kappa shape index (κ3) is 12.0. The van der Waals surface area contributed by atoms with E-state index in [0.29, 0.717) is 0 Å². The normalized spacial score (nSPS) is 20.9. The van der Waals surface area contributed by atoms with E-state index >= 15 is 0 Å². The largest absolute Gasteiger partial charge is 2.00 e. The number of hydrogen-bond donors (Lipinski definition) is 2. The van der Waals surface area contributed by atoms with Gasteiger partial charge < -0.3 is 9.96 Å². The fourth-order valence-corrected chi connectivity index (χ4v) is 3.85. The summed E-state index contributed by atoms with van der Waals surface area (Å²) in [4.78, 5) is 7.00. The van der Waals surface area contributed by atoms with Gasteiger partial charge in [-0.15, -0.1) is 0 Å². The van der Waals surface area contributed by atoms with Gasteiger partial charge in [0.25, 0.3) is 0 Å². The molecule has 2 aliphatic rings. The van der Waals surface area contributed by atoms with E-state index in [-0.39, 0.29) is 17.1 Å². The molecule has 0 aromatic carbocycles. The van der Waals surface area contributed by atoms with Crippen molar-refractivity contribution in [3.05, 3.63) is 63.5 Å². The van der Waals surface area contributed by atoms with E-state index < -0.39 is 16.5 Å². The second-order valence-electron chi connectivity index (χ2n) is 7.10. The molecule has 2 fully saturated rings. The molecule has 116 valence electrons. The van der Waals surface area contributed by atoms with Gasteiger partial charge in [0.15, 0.2) is 0 Å². The Morgan fingerprint density at radius 1 is 0.571 bits per heavy atom. The van der Waals surface area contributed by atoms with Crippen molar-refractivity contribution in [3.8, 4) is 0 Å². The molecule has 0 saturated heterocycles. The number of rotatable bonds is 4. The van der Waals surface area contributed by atoms with E-state index in [1.807, 2.05) is 0 Å². The Morgan fingerprint density at radius 3 is 1.00 bits per heavy atom. The zero-order valence-electron chi connectivity index (χ0n) is 14.0. The molecular formula is C16H28FeN2Si2+2. The Hall–Kier alpha value is 0.873. The van der Waals surface area contributed by atoms with Crippen molar-refractivity contribution >= 4 is 16.5 Å². The Balaban J connectivity index is 0.000000364. The molecule has 0 bridgehead atoms. The van der Waals surface area contributed by atoms with Crippen LogP contribution < -0.4 is 9.96 Å². The molecule has 0 aliphatic heterocycles. The molecule has 2 rings (SSSR count). The van der Waals surface area contributed by atoms with Gasteiger partial charge in [0.1, 0.15) is 16.5 Å². The summed E-state index contributed by atoms with van der Waals surface area (Å²) in [5, 5.41) is 0. The standard InChI is InChI=1S/2C8H14NSi.Fe/c2*1-10(2,3)9-8-6-4-5-7-8;/h2*4-7,9H,1-3H3;/q;;+2. The molecule has 0 aromatic rings. The van der Waals surface area contributed by atoms with Crippen molar-refractivity contribution in [2.75, 3.05) is 0 Å². The summed E-state index contributed by atoms with van der Waals surface area (Å²) in [7, 11) is -2.22. The molecule has 0 amide bonds.